The molecule has 0 aliphatic rings. The first-order chi connectivity index (χ1) is 17.0. The molecule has 0 spiro atoms. The van der Waals surface area contributed by atoms with Crippen LogP contribution in [0.1, 0.15) is 35.7 Å². The van der Waals surface area contributed by atoms with Crippen molar-refractivity contribution < 1.29 is 14.8 Å². The summed E-state index contributed by atoms with van der Waals surface area (Å²) >= 11 is 0. The molecule has 4 aromatic rings. The summed E-state index contributed by atoms with van der Waals surface area (Å²) in [5.74, 6) is -0.771. The summed E-state index contributed by atoms with van der Waals surface area (Å²) in [4.78, 5) is 23.4. The number of aromatic hydroxyl groups is 1. The van der Waals surface area contributed by atoms with Crippen LogP contribution < -0.4 is 5.32 Å². The van der Waals surface area contributed by atoms with E-state index in [1.807, 2.05) is 36.4 Å². The van der Waals surface area contributed by atoms with Crippen LogP contribution in [0.25, 0.3) is 10.8 Å². The Hall–Kier alpha value is -4.59. The van der Waals surface area contributed by atoms with Gasteiger partial charge in [-0.25, -0.2) is 0 Å². The summed E-state index contributed by atoms with van der Waals surface area (Å²) in [5.41, 5.74) is 2.34. The van der Waals surface area contributed by atoms with Gasteiger partial charge in [-0.3, -0.25) is 14.9 Å². The smallest absolute Gasteiger partial charge is 0.269 e. The maximum Gasteiger partial charge on any atom is 0.269 e. The second-order valence-electron chi connectivity index (χ2n) is 8.07. The number of fused-ring (bicyclic) bond motifs is 1. The van der Waals surface area contributed by atoms with Gasteiger partial charge in [0.1, 0.15) is 5.69 Å². The maximum absolute atomic E-state index is 13.1. The van der Waals surface area contributed by atoms with Crippen molar-refractivity contribution in [1.29, 1.82) is 0 Å². The SMILES string of the molecule is CCCCc1ccc(NC(=O)c2cc3ccccc3c(N=Nc3ccc([N+](=O)[O-])cc3)c2O)cc1. The number of benzene rings is 4. The molecule has 4 aromatic carbocycles. The lowest BCUT2D eigenvalue weighted by Crippen LogP contribution is -2.12. The number of anilines is 1. The van der Waals surface area contributed by atoms with Crippen molar-refractivity contribution in [2.24, 2.45) is 10.2 Å². The Balaban J connectivity index is 1.64. The highest BCUT2D eigenvalue weighted by atomic mass is 16.6. The molecule has 0 unspecified atom stereocenters. The number of nitrogens with one attached hydrogen (secondary N) is 1. The van der Waals surface area contributed by atoms with Crippen molar-refractivity contribution >= 4 is 39.4 Å². The van der Waals surface area contributed by atoms with E-state index in [1.165, 1.54) is 29.8 Å². The van der Waals surface area contributed by atoms with Crippen LogP contribution in [0.2, 0.25) is 0 Å². The van der Waals surface area contributed by atoms with Crippen molar-refractivity contribution in [3.05, 3.63) is 100 Å². The fourth-order valence-corrected chi connectivity index (χ4v) is 3.67. The molecule has 4 rings (SSSR count). The first kappa shape index (κ1) is 23.6. The molecule has 0 bridgehead atoms. The van der Waals surface area contributed by atoms with E-state index in [2.05, 4.69) is 22.5 Å². The van der Waals surface area contributed by atoms with E-state index in [-0.39, 0.29) is 22.7 Å². The number of amides is 1. The van der Waals surface area contributed by atoms with E-state index < -0.39 is 10.8 Å². The molecule has 0 aliphatic heterocycles. The van der Waals surface area contributed by atoms with Gasteiger partial charge in [0, 0.05) is 23.2 Å². The summed E-state index contributed by atoms with van der Waals surface area (Å²) in [5, 5.41) is 34.3. The number of hydrogen-bond donors (Lipinski definition) is 2. The van der Waals surface area contributed by atoms with Gasteiger partial charge in [0.05, 0.1) is 16.2 Å². The van der Waals surface area contributed by atoms with Gasteiger partial charge in [-0.2, -0.15) is 5.11 Å². The van der Waals surface area contributed by atoms with Gasteiger partial charge >= 0.3 is 0 Å². The molecule has 0 saturated heterocycles. The minimum absolute atomic E-state index is 0.0608. The van der Waals surface area contributed by atoms with E-state index >= 15 is 0 Å². The average molecular weight is 469 g/mol. The van der Waals surface area contributed by atoms with Gasteiger partial charge in [0.15, 0.2) is 5.75 Å². The Labute approximate surface area is 202 Å². The third-order valence-corrected chi connectivity index (χ3v) is 5.60. The summed E-state index contributed by atoms with van der Waals surface area (Å²) in [6.45, 7) is 2.14. The number of carbonyl (C=O) groups is 1. The molecule has 0 saturated carbocycles. The molecule has 0 heterocycles. The van der Waals surface area contributed by atoms with Crippen LogP contribution in [-0.4, -0.2) is 15.9 Å². The Morgan fingerprint density at radius 2 is 1.71 bits per heavy atom. The van der Waals surface area contributed by atoms with Crippen molar-refractivity contribution in [3.8, 4) is 5.75 Å². The molecule has 8 heteroatoms. The molecule has 0 radical (unpaired) electrons. The number of azo groups is 1. The Kier molecular flexibility index (Phi) is 7.11. The van der Waals surface area contributed by atoms with Crippen LogP contribution in [0.3, 0.4) is 0 Å². The van der Waals surface area contributed by atoms with Gasteiger partial charge in [-0.05, 0) is 54.1 Å². The number of non-ortho nitro benzene ring substituents is 1. The number of nitro benzene ring substituents is 1. The summed E-state index contributed by atoms with van der Waals surface area (Å²) in [7, 11) is 0. The fourth-order valence-electron chi connectivity index (χ4n) is 3.67. The van der Waals surface area contributed by atoms with Crippen LogP contribution >= 0.6 is 0 Å². The van der Waals surface area contributed by atoms with Crippen molar-refractivity contribution in [2.45, 2.75) is 26.2 Å². The Morgan fingerprint density at radius 1 is 1.00 bits per heavy atom. The minimum atomic E-state index is -0.499. The minimum Gasteiger partial charge on any atom is -0.505 e. The zero-order chi connectivity index (χ0) is 24.8. The lowest BCUT2D eigenvalue weighted by Gasteiger charge is -2.11. The van der Waals surface area contributed by atoms with Crippen molar-refractivity contribution in [3.63, 3.8) is 0 Å². The van der Waals surface area contributed by atoms with Crippen LogP contribution in [-0.2, 0) is 6.42 Å². The second-order valence-corrected chi connectivity index (χ2v) is 8.07. The van der Waals surface area contributed by atoms with Crippen LogP contribution in [0.5, 0.6) is 5.75 Å². The van der Waals surface area contributed by atoms with Gasteiger partial charge < -0.3 is 10.4 Å². The van der Waals surface area contributed by atoms with Gasteiger partial charge in [-0.1, -0.05) is 49.7 Å². The van der Waals surface area contributed by atoms with E-state index in [0.717, 1.165) is 19.3 Å². The first-order valence-corrected chi connectivity index (χ1v) is 11.3. The Bertz CT molecular complexity index is 1400. The quantitative estimate of drug-likeness (QED) is 0.158. The second kappa shape index (κ2) is 10.6. The topological polar surface area (TPSA) is 117 Å². The third-order valence-electron chi connectivity index (χ3n) is 5.60. The number of nitrogens with zero attached hydrogens (tertiary/aromatic N) is 3. The lowest BCUT2D eigenvalue weighted by atomic mass is 10.0. The third kappa shape index (κ3) is 5.50. The fraction of sp³-hybridized carbons (Fsp3) is 0.148. The van der Waals surface area contributed by atoms with E-state index in [1.54, 1.807) is 18.2 Å². The van der Waals surface area contributed by atoms with Gasteiger partial charge in [0.25, 0.3) is 11.6 Å². The Morgan fingerprint density at radius 3 is 2.40 bits per heavy atom. The predicted molar refractivity (Wildman–Crippen MR) is 136 cm³/mol. The number of phenols is 1. The van der Waals surface area contributed by atoms with Gasteiger partial charge in [-0.15, -0.1) is 5.11 Å². The lowest BCUT2D eigenvalue weighted by molar-refractivity contribution is -0.384. The zero-order valence-electron chi connectivity index (χ0n) is 19.1. The number of hydrogen-bond acceptors (Lipinski definition) is 6. The van der Waals surface area contributed by atoms with Crippen LogP contribution in [0.4, 0.5) is 22.7 Å². The monoisotopic (exact) mass is 468 g/mol. The molecule has 0 aliphatic carbocycles. The highest BCUT2D eigenvalue weighted by Gasteiger charge is 2.18. The van der Waals surface area contributed by atoms with Crippen LogP contribution in [0.15, 0.2) is 89.1 Å². The maximum atomic E-state index is 13.1. The number of nitro groups is 1. The number of phenolic OH excluding ortho intramolecular Hbond substituents is 1. The molecule has 8 nitrogen and oxygen atoms in total. The summed E-state index contributed by atoms with van der Waals surface area (Å²) in [6.07, 6.45) is 3.21. The molecular formula is C27H24N4O4. The molecule has 0 atom stereocenters. The van der Waals surface area contributed by atoms with E-state index in [0.29, 0.717) is 22.1 Å². The van der Waals surface area contributed by atoms with Crippen LogP contribution in [0, 0.1) is 10.1 Å². The molecule has 176 valence electrons. The predicted octanol–water partition coefficient (Wildman–Crippen LogP) is 7.46. The highest BCUT2D eigenvalue weighted by molar-refractivity contribution is 6.11. The summed E-state index contributed by atoms with van der Waals surface area (Å²) in [6, 6.07) is 22.0. The first-order valence-electron chi connectivity index (χ1n) is 11.3. The number of aryl methyl sites for hydroxylation is 1. The highest BCUT2D eigenvalue weighted by Crippen LogP contribution is 2.39. The van der Waals surface area contributed by atoms with Gasteiger partial charge in [0.2, 0.25) is 0 Å². The molecule has 0 aromatic heterocycles. The zero-order valence-corrected chi connectivity index (χ0v) is 19.1. The number of rotatable bonds is 8. The molecular weight excluding hydrogens is 444 g/mol. The van der Waals surface area contributed by atoms with Crippen molar-refractivity contribution in [1.82, 2.24) is 0 Å². The normalized spacial score (nSPS) is 11.1. The number of unbranched alkanes of at least 4 members (excludes halogenated alkanes) is 1. The molecule has 2 N–H and O–H groups in total. The van der Waals surface area contributed by atoms with E-state index in [9.17, 15) is 20.0 Å². The summed E-state index contributed by atoms with van der Waals surface area (Å²) < 4.78 is 0. The van der Waals surface area contributed by atoms with Crippen molar-refractivity contribution in [2.75, 3.05) is 5.32 Å². The molecule has 0 fully saturated rings. The largest absolute Gasteiger partial charge is 0.505 e. The molecule has 35 heavy (non-hydrogen) atoms. The average Bonchev–Trinajstić information content (AvgIpc) is 2.87. The molecule has 1 amide bonds. The standard InChI is InChI=1S/C27H24N4O4/c1-2-3-6-18-9-11-20(12-10-18)28-27(33)24-17-19-7-4-5-8-23(19)25(26(24)32)30-29-21-13-15-22(16-14-21)31(34)35/h4-5,7-17,32H,2-3,6H2,1H3,(H,28,33). The number of carbonyl (C=O) groups excluding carboxylic acids is 1. The van der Waals surface area contributed by atoms with E-state index in [4.69, 9.17) is 0 Å².